The van der Waals surface area contributed by atoms with E-state index in [1.54, 1.807) is 0 Å². The molecule has 0 saturated heterocycles. The molecule has 0 saturated carbocycles. The average Bonchev–Trinajstić information content (AvgIpc) is 2.97. The van der Waals surface area contributed by atoms with Gasteiger partial charge in [0.1, 0.15) is 19.2 Å². The first-order chi connectivity index (χ1) is 21.4. The summed E-state index contributed by atoms with van der Waals surface area (Å²) in [5.41, 5.74) is 0. The van der Waals surface area contributed by atoms with Crippen molar-refractivity contribution in [3.8, 4) is 0 Å². The van der Waals surface area contributed by atoms with Gasteiger partial charge in [-0.25, -0.2) is 0 Å². The number of aliphatic hydroxyl groups is 1. The Labute approximate surface area is 254 Å². The molecule has 40 heavy (non-hydrogen) atoms. The Morgan fingerprint density at radius 1 is 0.575 bits per heavy atom. The van der Waals surface area contributed by atoms with E-state index in [4.69, 9.17) is 6.85 Å². The molecule has 0 aliphatic carbocycles. The number of hydrogen-bond acceptors (Lipinski definition) is 5. The summed E-state index contributed by atoms with van der Waals surface area (Å²) in [4.78, 5) is 24.4. The van der Waals surface area contributed by atoms with Crippen LogP contribution in [-0.2, 0) is 19.1 Å². The Morgan fingerprint density at radius 2 is 0.875 bits per heavy atom. The van der Waals surface area contributed by atoms with E-state index in [-0.39, 0.29) is 12.8 Å². The lowest BCUT2D eigenvalue weighted by molar-refractivity contribution is -0.152. The third-order valence-electron chi connectivity index (χ3n) is 6.81. The summed E-state index contributed by atoms with van der Waals surface area (Å²) in [6.45, 7) is -2.45. The normalized spacial score (nSPS) is 14.5. The van der Waals surface area contributed by atoms with Gasteiger partial charge in [0.25, 0.3) is 0 Å². The molecule has 0 bridgehead atoms. The predicted molar refractivity (Wildman–Crippen MR) is 168 cm³/mol. The van der Waals surface area contributed by atoms with Crippen molar-refractivity contribution < 1.29 is 31.0 Å². The number of hydrogen-bond donors (Lipinski definition) is 1. The van der Waals surface area contributed by atoms with Crippen LogP contribution < -0.4 is 0 Å². The quantitative estimate of drug-likeness (QED) is 0.0529. The van der Waals surface area contributed by atoms with Crippen molar-refractivity contribution in [3.05, 3.63) is 24.3 Å². The molecule has 0 aromatic heterocycles. The summed E-state index contributed by atoms with van der Waals surface area (Å²) in [5.74, 6) is -1.97. The fraction of sp³-hybridized carbons (Fsp3) is 0.829. The van der Waals surface area contributed by atoms with E-state index in [0.29, 0.717) is 12.8 Å². The Bertz CT molecular complexity index is 750. The molecule has 0 aliphatic rings. The maximum atomic E-state index is 12.2. The van der Waals surface area contributed by atoms with Crippen LogP contribution in [0, 0.1) is 0 Å². The second kappa shape index (κ2) is 31.9. The fourth-order valence-corrected chi connectivity index (χ4v) is 4.31. The first-order valence-corrected chi connectivity index (χ1v) is 16.4. The minimum absolute atomic E-state index is 0.120. The number of allylic oxidation sites excluding steroid dienone is 4. The molecular weight excluding hydrogens is 500 g/mol. The van der Waals surface area contributed by atoms with Crippen molar-refractivity contribution in [2.75, 3.05) is 13.1 Å². The number of carbonyl (C=O) groups is 2. The molecule has 0 aromatic carbocycles. The number of esters is 2. The maximum Gasteiger partial charge on any atom is 0.305 e. The average molecular weight is 570 g/mol. The highest BCUT2D eigenvalue weighted by molar-refractivity contribution is 5.69. The van der Waals surface area contributed by atoms with Gasteiger partial charge in [0.05, 0.1) is 6.85 Å². The zero-order valence-corrected chi connectivity index (χ0v) is 25.9. The summed E-state index contributed by atoms with van der Waals surface area (Å²) in [6, 6.07) is 0. The summed E-state index contributed by atoms with van der Waals surface area (Å²) in [6.07, 6.45) is 27.9. The van der Waals surface area contributed by atoms with Crippen molar-refractivity contribution in [2.45, 2.75) is 174 Å². The van der Waals surface area contributed by atoms with Crippen molar-refractivity contribution >= 4 is 11.9 Å². The Kier molecular flexibility index (Phi) is 23.8. The van der Waals surface area contributed by atoms with Crippen molar-refractivity contribution in [1.29, 1.82) is 0 Å². The molecule has 0 aromatic rings. The fourth-order valence-electron chi connectivity index (χ4n) is 4.31. The van der Waals surface area contributed by atoms with Gasteiger partial charge in [0.2, 0.25) is 0 Å². The summed E-state index contributed by atoms with van der Waals surface area (Å²) < 4.78 is 48.8. The molecule has 0 fully saturated rings. The highest BCUT2D eigenvalue weighted by Crippen LogP contribution is 2.11. The predicted octanol–water partition coefficient (Wildman–Crippen LogP) is 9.95. The largest absolute Gasteiger partial charge is 0.463 e. The molecule has 0 unspecified atom stereocenters. The van der Waals surface area contributed by atoms with Gasteiger partial charge >= 0.3 is 11.9 Å². The molecule has 234 valence electrons. The molecule has 5 nitrogen and oxygen atoms in total. The standard InChI is InChI=1S/C35H64O5/c1-3-5-7-9-11-13-15-17-19-21-23-25-27-29-34(37)39-31-33(36)32-40-35(38)30-28-26-24-22-20-18-16-14-12-10-8-6-4-2/h13-16,33,36H,3-12,17-32H2,1-2H3/b15-13-,16-14-/i31D2,32D2,33D. The zero-order valence-electron chi connectivity index (χ0n) is 30.9. The highest BCUT2D eigenvalue weighted by Gasteiger charge is 2.12. The van der Waals surface area contributed by atoms with Crippen molar-refractivity contribution in [3.63, 3.8) is 0 Å². The molecule has 1 N–H and O–H groups in total. The van der Waals surface area contributed by atoms with Crippen LogP contribution in [0.1, 0.15) is 175 Å². The highest BCUT2D eigenvalue weighted by atomic mass is 16.6. The van der Waals surface area contributed by atoms with E-state index in [1.807, 2.05) is 0 Å². The van der Waals surface area contributed by atoms with Gasteiger partial charge < -0.3 is 14.6 Å². The lowest BCUT2D eigenvalue weighted by Gasteiger charge is -2.12. The molecule has 0 spiro atoms. The summed E-state index contributed by atoms with van der Waals surface area (Å²) in [7, 11) is 0. The molecule has 5 heteroatoms. The minimum atomic E-state index is -3.65. The molecule has 0 atom stereocenters. The molecule has 0 aliphatic heterocycles. The van der Waals surface area contributed by atoms with E-state index >= 15 is 0 Å². The Morgan fingerprint density at radius 3 is 1.23 bits per heavy atom. The van der Waals surface area contributed by atoms with Crippen LogP contribution in [0.15, 0.2) is 24.3 Å². The SMILES string of the molecule is [2H]C([2H])(OC(=O)CCCCCCC/C=C\CCCCCC)C([2H])(O)C([2H])([2H])OC(=O)CCCCCCC/C=C\CCCCCC. The van der Waals surface area contributed by atoms with Gasteiger partial charge in [0.15, 0.2) is 0 Å². The number of carbonyl (C=O) groups excluding carboxylic acids is 2. The van der Waals surface area contributed by atoms with Gasteiger partial charge in [-0.2, -0.15) is 0 Å². The number of rotatable bonds is 30. The lowest BCUT2D eigenvalue weighted by Crippen LogP contribution is -2.25. The molecule has 0 amide bonds. The first-order valence-electron chi connectivity index (χ1n) is 18.9. The Balaban J connectivity index is 4.19. The number of ether oxygens (including phenoxy) is 2. The third-order valence-corrected chi connectivity index (χ3v) is 6.81. The van der Waals surface area contributed by atoms with Crippen LogP contribution in [-0.4, -0.2) is 36.2 Å². The lowest BCUT2D eigenvalue weighted by atomic mass is 10.1. The first kappa shape index (κ1) is 29.9. The summed E-state index contributed by atoms with van der Waals surface area (Å²) >= 11 is 0. The molecule has 0 radical (unpaired) electrons. The van der Waals surface area contributed by atoms with Crippen LogP contribution in [0.4, 0.5) is 0 Å². The van der Waals surface area contributed by atoms with Crippen LogP contribution in [0.3, 0.4) is 0 Å². The van der Waals surface area contributed by atoms with E-state index in [0.717, 1.165) is 77.0 Å². The third kappa shape index (κ3) is 30.9. The van der Waals surface area contributed by atoms with E-state index < -0.39 is 31.1 Å². The van der Waals surface area contributed by atoms with Gasteiger partial charge in [-0.05, 0) is 64.2 Å². The van der Waals surface area contributed by atoms with E-state index in [9.17, 15) is 14.7 Å². The second-order valence-corrected chi connectivity index (χ2v) is 10.8. The van der Waals surface area contributed by atoms with E-state index in [2.05, 4.69) is 47.6 Å². The van der Waals surface area contributed by atoms with Crippen LogP contribution >= 0.6 is 0 Å². The van der Waals surface area contributed by atoms with Crippen LogP contribution in [0.5, 0.6) is 0 Å². The second-order valence-electron chi connectivity index (χ2n) is 10.8. The molecular formula is C35H64O5. The number of unbranched alkanes of at least 4 members (excludes halogenated alkanes) is 18. The van der Waals surface area contributed by atoms with Crippen molar-refractivity contribution in [2.24, 2.45) is 0 Å². The Hall–Kier alpha value is -1.62. The maximum absolute atomic E-state index is 12.2. The molecule has 0 heterocycles. The molecule has 0 rings (SSSR count). The van der Waals surface area contributed by atoms with Crippen molar-refractivity contribution in [1.82, 2.24) is 0 Å². The minimum Gasteiger partial charge on any atom is -0.463 e. The van der Waals surface area contributed by atoms with Crippen LogP contribution in [0.2, 0.25) is 0 Å². The zero-order chi connectivity index (χ0) is 33.9. The topological polar surface area (TPSA) is 72.8 Å². The van der Waals surface area contributed by atoms with Crippen LogP contribution in [0.25, 0.3) is 0 Å². The van der Waals surface area contributed by atoms with Gasteiger partial charge in [-0.15, -0.1) is 0 Å². The van der Waals surface area contributed by atoms with Gasteiger partial charge in [-0.3, -0.25) is 9.59 Å². The van der Waals surface area contributed by atoms with Gasteiger partial charge in [0, 0.05) is 12.8 Å². The monoisotopic (exact) mass is 570 g/mol. The van der Waals surface area contributed by atoms with Gasteiger partial charge in [-0.1, -0.05) is 115 Å². The summed E-state index contributed by atoms with van der Waals surface area (Å²) in [5, 5.41) is 10.4. The smallest absolute Gasteiger partial charge is 0.305 e. The van der Waals surface area contributed by atoms with E-state index in [1.165, 1.54) is 51.4 Å².